The molecule has 0 radical (unpaired) electrons. The molecule has 2 heterocycles. The van der Waals surface area contributed by atoms with Crippen molar-refractivity contribution in [1.29, 1.82) is 0 Å². The Balaban J connectivity index is 1.85. The number of hydrogen-bond donors (Lipinski definition) is 2. The zero-order chi connectivity index (χ0) is 21.1. The van der Waals surface area contributed by atoms with E-state index in [9.17, 15) is 9.00 Å². The predicted octanol–water partition coefficient (Wildman–Crippen LogP) is 1.12. The van der Waals surface area contributed by atoms with Gasteiger partial charge in [-0.25, -0.2) is 4.21 Å². The first-order chi connectivity index (χ1) is 13.9. The van der Waals surface area contributed by atoms with Gasteiger partial charge in [-0.3, -0.25) is 18.8 Å². The topological polar surface area (TPSA) is 106 Å². The van der Waals surface area contributed by atoms with E-state index < -0.39 is 11.3 Å². The van der Waals surface area contributed by atoms with Crippen LogP contribution in [0, 0.1) is 12.3 Å². The van der Waals surface area contributed by atoms with Crippen LogP contribution >= 0.6 is 0 Å². The molecule has 0 saturated heterocycles. The Bertz CT molecular complexity index is 991. The largest absolute Gasteiger partial charge is 0.496 e. The highest BCUT2D eigenvalue weighted by molar-refractivity contribution is 7.77. The van der Waals surface area contributed by atoms with Gasteiger partial charge in [0.05, 0.1) is 50.8 Å². The van der Waals surface area contributed by atoms with Gasteiger partial charge in [-0.15, -0.1) is 6.42 Å². The minimum Gasteiger partial charge on any atom is -0.496 e. The van der Waals surface area contributed by atoms with Crippen molar-refractivity contribution in [2.45, 2.75) is 19.6 Å². The number of hydrogen-bond acceptors (Lipinski definition) is 5. The number of nitrogens with zero attached hydrogens (tertiary/aromatic N) is 3. The van der Waals surface area contributed by atoms with Crippen LogP contribution in [-0.2, 0) is 35.7 Å². The van der Waals surface area contributed by atoms with Crippen molar-refractivity contribution >= 4 is 22.9 Å². The van der Waals surface area contributed by atoms with Crippen LogP contribution in [0.3, 0.4) is 0 Å². The molecule has 152 valence electrons. The number of terminal acetylenes is 1. The number of carbonyl (C=O) groups is 1. The monoisotopic (exact) mass is 416 g/mol. The number of rotatable bonds is 7. The first-order valence-electron chi connectivity index (χ1n) is 8.48. The first kappa shape index (κ1) is 20.4. The van der Waals surface area contributed by atoms with Crippen LogP contribution in [0.4, 0.5) is 0 Å². The van der Waals surface area contributed by atoms with Crippen molar-refractivity contribution in [3.8, 4) is 23.8 Å². The van der Waals surface area contributed by atoms with Gasteiger partial charge in [0.25, 0.3) is 17.2 Å². The molecule has 1 aromatic carbocycles. The van der Waals surface area contributed by atoms with Gasteiger partial charge in [0.1, 0.15) is 11.5 Å². The highest BCUT2D eigenvalue weighted by atomic mass is 32.2. The molecule has 1 atom stereocenters. The summed E-state index contributed by atoms with van der Waals surface area (Å²) in [4.78, 5) is 13.2. The number of amides is 1. The third-order valence-electron chi connectivity index (χ3n) is 4.46. The summed E-state index contributed by atoms with van der Waals surface area (Å²) in [5.74, 6) is 2.64. The van der Waals surface area contributed by atoms with Crippen LogP contribution in [0.5, 0.6) is 11.5 Å². The van der Waals surface area contributed by atoms with Crippen molar-refractivity contribution in [3.05, 3.63) is 47.3 Å². The quantitative estimate of drug-likeness (QED) is 0.518. The number of ether oxygens (including phenoxy) is 2. The normalized spacial score (nSPS) is 13.4. The average Bonchev–Trinajstić information content (AvgIpc) is 3.24. The molecule has 3 rings (SSSR count). The van der Waals surface area contributed by atoms with Crippen molar-refractivity contribution in [1.82, 2.24) is 19.4 Å². The summed E-state index contributed by atoms with van der Waals surface area (Å²) in [5.41, 5.74) is 3.26. The van der Waals surface area contributed by atoms with Gasteiger partial charge in [0, 0.05) is 11.8 Å². The minimum absolute atomic E-state index is 0.197. The number of benzene rings is 1. The summed E-state index contributed by atoms with van der Waals surface area (Å²) in [6.45, 7) is 5.04. The van der Waals surface area contributed by atoms with Crippen LogP contribution < -0.4 is 14.2 Å². The van der Waals surface area contributed by atoms with E-state index in [4.69, 9.17) is 20.4 Å². The zero-order valence-corrected chi connectivity index (χ0v) is 16.8. The van der Waals surface area contributed by atoms with Crippen LogP contribution in [-0.4, -0.2) is 43.6 Å². The molecule has 1 aliphatic rings. The molecule has 0 aliphatic carbocycles. The van der Waals surface area contributed by atoms with Gasteiger partial charge in [0.15, 0.2) is 0 Å². The van der Waals surface area contributed by atoms with Crippen molar-refractivity contribution in [2.24, 2.45) is 0 Å². The average molecular weight is 416 g/mol. The second-order valence-corrected chi connectivity index (χ2v) is 7.01. The molecule has 1 aliphatic heterocycles. The molecule has 0 saturated carbocycles. The number of fused-ring (bicyclic) bond motifs is 1. The summed E-state index contributed by atoms with van der Waals surface area (Å²) < 4.78 is 35.1. The summed E-state index contributed by atoms with van der Waals surface area (Å²) >= 11 is -2.27. The van der Waals surface area contributed by atoms with Crippen molar-refractivity contribution in [2.75, 3.05) is 14.2 Å². The predicted molar refractivity (Wildman–Crippen MR) is 107 cm³/mol. The first-order valence-corrected chi connectivity index (χ1v) is 9.59. The molecular weight excluding hydrogens is 396 g/mol. The molecular formula is C19H20N4O5S. The van der Waals surface area contributed by atoms with E-state index in [1.807, 2.05) is 6.20 Å². The Kier molecular flexibility index (Phi) is 5.91. The maximum atomic E-state index is 11.6. The van der Waals surface area contributed by atoms with Gasteiger partial charge in [0.2, 0.25) is 0 Å². The number of aromatic nitrogens is 2. The molecule has 1 amide bonds. The van der Waals surface area contributed by atoms with Crippen LogP contribution in [0.15, 0.2) is 24.9 Å². The second-order valence-electron chi connectivity index (χ2n) is 6.31. The lowest BCUT2D eigenvalue weighted by atomic mass is 10.1. The van der Waals surface area contributed by atoms with Crippen molar-refractivity contribution < 1.29 is 23.0 Å². The van der Waals surface area contributed by atoms with E-state index in [-0.39, 0.29) is 11.6 Å². The van der Waals surface area contributed by atoms with E-state index in [1.54, 1.807) is 21.7 Å². The number of methoxy groups -OCH3 is 2. The standard InChI is InChI=1S/C19H20N4O5S/c1-5-18(24)22-9-14-10-23(20-15(14)11-22)8-13-6-16(27-3)19(17(7-13)28-4)12(2)21-29(25)26/h1,6-7,10,21H,2,8-9,11H2,3-4H3,(H,25,26). The molecule has 2 aromatic rings. The smallest absolute Gasteiger partial charge is 0.298 e. The fourth-order valence-electron chi connectivity index (χ4n) is 3.22. The van der Waals surface area contributed by atoms with Crippen molar-refractivity contribution in [3.63, 3.8) is 0 Å². The molecule has 29 heavy (non-hydrogen) atoms. The number of nitrogens with one attached hydrogen (secondary N) is 1. The van der Waals surface area contributed by atoms with Gasteiger partial charge < -0.3 is 14.4 Å². The van der Waals surface area contributed by atoms with Gasteiger partial charge in [-0.1, -0.05) is 6.58 Å². The molecule has 10 heteroatoms. The van der Waals surface area contributed by atoms with E-state index >= 15 is 0 Å². The minimum atomic E-state index is -2.27. The second kappa shape index (κ2) is 8.38. The Morgan fingerprint density at radius 2 is 2.03 bits per heavy atom. The lowest BCUT2D eigenvalue weighted by Gasteiger charge is -2.17. The molecule has 1 unspecified atom stereocenters. The summed E-state index contributed by atoms with van der Waals surface area (Å²) in [6, 6.07) is 3.57. The maximum Gasteiger partial charge on any atom is 0.298 e. The van der Waals surface area contributed by atoms with Crippen LogP contribution in [0.25, 0.3) is 5.70 Å². The molecule has 0 spiro atoms. The third-order valence-corrected chi connectivity index (χ3v) is 4.88. The summed E-state index contributed by atoms with van der Waals surface area (Å²) in [5, 5.41) is 4.53. The fourth-order valence-corrected chi connectivity index (χ4v) is 3.54. The van der Waals surface area contributed by atoms with Crippen LogP contribution in [0.1, 0.15) is 22.4 Å². The van der Waals surface area contributed by atoms with E-state index in [1.165, 1.54) is 14.2 Å². The highest BCUT2D eigenvalue weighted by Crippen LogP contribution is 2.35. The Morgan fingerprint density at radius 3 is 2.55 bits per heavy atom. The molecule has 9 nitrogen and oxygen atoms in total. The van der Waals surface area contributed by atoms with Gasteiger partial charge >= 0.3 is 0 Å². The Morgan fingerprint density at radius 1 is 1.38 bits per heavy atom. The molecule has 0 fully saturated rings. The third kappa shape index (κ3) is 4.26. The zero-order valence-electron chi connectivity index (χ0n) is 16.0. The van der Waals surface area contributed by atoms with E-state index in [2.05, 4.69) is 22.3 Å². The lowest BCUT2D eigenvalue weighted by molar-refractivity contribution is -0.125. The molecule has 2 N–H and O–H groups in total. The van der Waals surface area contributed by atoms with E-state index in [0.29, 0.717) is 36.7 Å². The van der Waals surface area contributed by atoms with Crippen LogP contribution in [0.2, 0.25) is 0 Å². The van der Waals surface area contributed by atoms with E-state index in [0.717, 1.165) is 16.8 Å². The van der Waals surface area contributed by atoms with Gasteiger partial charge in [-0.2, -0.15) is 5.10 Å². The number of carbonyl (C=O) groups excluding carboxylic acids is 1. The molecule has 0 bridgehead atoms. The lowest BCUT2D eigenvalue weighted by Crippen LogP contribution is -2.24. The Hall–Kier alpha value is -3.29. The fraction of sp³-hybridized carbons (Fsp3) is 0.263. The SMILES string of the molecule is C#CC(=O)N1Cc2cn(Cc3cc(OC)c(C(=C)NS(=O)O)c(OC)c3)nc2C1. The highest BCUT2D eigenvalue weighted by Gasteiger charge is 2.25. The molecule has 1 aromatic heterocycles. The maximum absolute atomic E-state index is 11.6. The summed E-state index contributed by atoms with van der Waals surface area (Å²) in [6.07, 6.45) is 7.05. The summed E-state index contributed by atoms with van der Waals surface area (Å²) in [7, 11) is 2.98. The van der Waals surface area contributed by atoms with Gasteiger partial charge in [-0.05, 0) is 23.6 Å². The Labute approximate surface area is 170 Å².